The number of esters is 2. The van der Waals surface area contributed by atoms with E-state index >= 15 is 0 Å². The summed E-state index contributed by atoms with van der Waals surface area (Å²) in [6.45, 7) is 7.50. The van der Waals surface area contributed by atoms with Crippen LogP contribution in [0, 0.1) is 0 Å². The molecule has 0 aliphatic carbocycles. The number of unbranched alkanes of at least 4 members (excludes halogenated alkanes) is 20. The summed E-state index contributed by atoms with van der Waals surface area (Å²) < 4.78 is 17.2. The molecule has 0 spiro atoms. The van der Waals surface area contributed by atoms with Crippen molar-refractivity contribution in [3.63, 3.8) is 0 Å². The molecular formula is C49H86O5. The van der Waals surface area contributed by atoms with E-state index < -0.39 is 6.10 Å². The molecule has 54 heavy (non-hydrogen) atoms. The van der Waals surface area contributed by atoms with E-state index in [1.165, 1.54) is 116 Å². The lowest BCUT2D eigenvalue weighted by Gasteiger charge is -2.18. The van der Waals surface area contributed by atoms with Crippen LogP contribution in [0.4, 0.5) is 0 Å². The summed E-state index contributed by atoms with van der Waals surface area (Å²) in [5.41, 5.74) is 0. The third kappa shape index (κ3) is 42.3. The molecule has 0 amide bonds. The van der Waals surface area contributed by atoms with Gasteiger partial charge in [-0.3, -0.25) is 9.59 Å². The van der Waals surface area contributed by atoms with Crippen molar-refractivity contribution in [3.8, 4) is 0 Å². The summed E-state index contributed by atoms with van der Waals surface area (Å²) in [6.07, 6.45) is 55.2. The standard InChI is InChI=1S/C49H86O5/c1-4-7-10-13-16-19-22-23-24-25-26-29-32-35-38-41-44-52-45-47(54-49(51)43-40-37-34-31-28-21-18-15-12-9-6-3)46-53-48(50)42-39-36-33-30-27-20-17-14-11-8-5-2/h7,10,16,19,23-24,26,29,35,38,47H,4-6,8-9,11-15,17-18,20-22,25,27-28,30-34,36-37,39-46H2,1-3H3/b10-7-,19-16-,24-23-,29-26-,38-35-. The lowest BCUT2D eigenvalue weighted by atomic mass is 10.1. The molecule has 1 unspecified atom stereocenters. The number of rotatable bonds is 41. The molecule has 312 valence electrons. The van der Waals surface area contributed by atoms with Crippen LogP contribution in [-0.4, -0.2) is 37.9 Å². The molecule has 0 saturated heterocycles. The maximum absolute atomic E-state index is 12.7. The normalized spacial score (nSPS) is 12.7. The smallest absolute Gasteiger partial charge is 0.306 e. The van der Waals surface area contributed by atoms with Gasteiger partial charge < -0.3 is 14.2 Å². The zero-order valence-electron chi connectivity index (χ0n) is 35.7. The van der Waals surface area contributed by atoms with Crippen LogP contribution in [0.5, 0.6) is 0 Å². The van der Waals surface area contributed by atoms with E-state index in [2.05, 4.69) is 81.5 Å². The van der Waals surface area contributed by atoms with Crippen LogP contribution < -0.4 is 0 Å². The number of allylic oxidation sites excluding steroid dienone is 9. The molecule has 5 nitrogen and oxygen atoms in total. The van der Waals surface area contributed by atoms with Gasteiger partial charge in [0.1, 0.15) is 6.61 Å². The van der Waals surface area contributed by atoms with Gasteiger partial charge in [-0.05, 0) is 51.4 Å². The molecule has 0 aromatic carbocycles. The predicted octanol–water partition coefficient (Wildman–Crippen LogP) is 15.0. The number of hydrogen-bond acceptors (Lipinski definition) is 5. The average molecular weight is 755 g/mol. The van der Waals surface area contributed by atoms with Crippen LogP contribution >= 0.6 is 0 Å². The summed E-state index contributed by atoms with van der Waals surface area (Å²) in [5, 5.41) is 0. The minimum absolute atomic E-state index is 0.0581. The quantitative estimate of drug-likeness (QED) is 0.0353. The van der Waals surface area contributed by atoms with Gasteiger partial charge in [-0.25, -0.2) is 0 Å². The number of carbonyl (C=O) groups is 2. The molecule has 0 rings (SSSR count). The molecule has 0 fully saturated rings. The van der Waals surface area contributed by atoms with E-state index in [9.17, 15) is 9.59 Å². The maximum Gasteiger partial charge on any atom is 0.306 e. The van der Waals surface area contributed by atoms with E-state index in [0.29, 0.717) is 19.4 Å². The van der Waals surface area contributed by atoms with Gasteiger partial charge in [0, 0.05) is 12.8 Å². The number of carbonyl (C=O) groups excluding carboxylic acids is 2. The van der Waals surface area contributed by atoms with Gasteiger partial charge in [0.25, 0.3) is 0 Å². The average Bonchev–Trinajstić information content (AvgIpc) is 3.17. The minimum Gasteiger partial charge on any atom is -0.462 e. The van der Waals surface area contributed by atoms with Crippen molar-refractivity contribution in [1.82, 2.24) is 0 Å². The summed E-state index contributed by atoms with van der Waals surface area (Å²) in [7, 11) is 0. The first-order valence-electron chi connectivity index (χ1n) is 22.8. The fourth-order valence-electron chi connectivity index (χ4n) is 6.22. The lowest BCUT2D eigenvalue weighted by Crippen LogP contribution is -2.30. The molecule has 0 aromatic heterocycles. The van der Waals surface area contributed by atoms with Gasteiger partial charge in [-0.2, -0.15) is 0 Å². The Bertz CT molecular complexity index is 946. The second-order valence-corrected chi connectivity index (χ2v) is 14.9. The Morgan fingerprint density at radius 2 is 0.796 bits per heavy atom. The van der Waals surface area contributed by atoms with Gasteiger partial charge in [0.05, 0.1) is 13.2 Å². The summed E-state index contributed by atoms with van der Waals surface area (Å²) in [4.78, 5) is 25.2. The largest absolute Gasteiger partial charge is 0.462 e. The predicted molar refractivity (Wildman–Crippen MR) is 233 cm³/mol. The molecule has 0 aliphatic rings. The van der Waals surface area contributed by atoms with Gasteiger partial charge in [0.2, 0.25) is 0 Å². The Morgan fingerprint density at radius 1 is 0.426 bits per heavy atom. The van der Waals surface area contributed by atoms with Crippen molar-refractivity contribution in [1.29, 1.82) is 0 Å². The van der Waals surface area contributed by atoms with Gasteiger partial charge >= 0.3 is 11.9 Å². The van der Waals surface area contributed by atoms with Crippen molar-refractivity contribution >= 4 is 11.9 Å². The highest BCUT2D eigenvalue weighted by atomic mass is 16.6. The van der Waals surface area contributed by atoms with E-state index in [4.69, 9.17) is 14.2 Å². The van der Waals surface area contributed by atoms with Crippen molar-refractivity contribution in [2.24, 2.45) is 0 Å². The molecule has 0 radical (unpaired) electrons. The van der Waals surface area contributed by atoms with Crippen LogP contribution in [0.15, 0.2) is 60.8 Å². The molecule has 0 heterocycles. The summed E-state index contributed by atoms with van der Waals surface area (Å²) >= 11 is 0. The van der Waals surface area contributed by atoms with Gasteiger partial charge in [-0.15, -0.1) is 0 Å². The van der Waals surface area contributed by atoms with Crippen LogP contribution in [0.25, 0.3) is 0 Å². The zero-order chi connectivity index (χ0) is 39.3. The molecule has 0 bridgehead atoms. The molecule has 0 N–H and O–H groups in total. The Morgan fingerprint density at radius 3 is 1.22 bits per heavy atom. The molecule has 1 atom stereocenters. The SMILES string of the molecule is CC/C=C\C/C=C\C/C=C\C/C=C\C/C=C\CCOCC(COC(=O)CCCCCCCCCCCCC)OC(=O)CCCCCCCCCCCCC. The highest BCUT2D eigenvalue weighted by Crippen LogP contribution is 2.14. The Labute approximate surface area is 334 Å². The highest BCUT2D eigenvalue weighted by molar-refractivity contribution is 5.70. The van der Waals surface area contributed by atoms with Gasteiger partial charge in [-0.1, -0.05) is 210 Å². The zero-order valence-corrected chi connectivity index (χ0v) is 35.7. The van der Waals surface area contributed by atoms with Crippen LogP contribution in [-0.2, 0) is 23.8 Å². The van der Waals surface area contributed by atoms with Gasteiger partial charge in [0.15, 0.2) is 6.10 Å². The fraction of sp³-hybridized carbons (Fsp3) is 0.755. The second-order valence-electron chi connectivity index (χ2n) is 14.9. The van der Waals surface area contributed by atoms with E-state index in [0.717, 1.165) is 64.2 Å². The molecule has 0 saturated carbocycles. The second kappa shape index (κ2) is 45.0. The van der Waals surface area contributed by atoms with E-state index in [1.807, 2.05) is 0 Å². The Balaban J connectivity index is 4.36. The van der Waals surface area contributed by atoms with Crippen LogP contribution in [0.2, 0.25) is 0 Å². The van der Waals surface area contributed by atoms with Crippen molar-refractivity contribution in [3.05, 3.63) is 60.8 Å². The first-order valence-corrected chi connectivity index (χ1v) is 22.8. The summed E-state index contributed by atoms with van der Waals surface area (Å²) in [5.74, 6) is -0.435. The lowest BCUT2D eigenvalue weighted by molar-refractivity contribution is -0.162. The van der Waals surface area contributed by atoms with E-state index in [1.54, 1.807) is 0 Å². The highest BCUT2D eigenvalue weighted by Gasteiger charge is 2.17. The topological polar surface area (TPSA) is 61.8 Å². The molecule has 5 heteroatoms. The van der Waals surface area contributed by atoms with Crippen LogP contribution in [0.1, 0.15) is 213 Å². The number of hydrogen-bond donors (Lipinski definition) is 0. The van der Waals surface area contributed by atoms with Crippen molar-refractivity contribution in [2.45, 2.75) is 219 Å². The van der Waals surface area contributed by atoms with Crippen molar-refractivity contribution < 1.29 is 23.8 Å². The molecular weight excluding hydrogens is 669 g/mol. The minimum atomic E-state index is -0.570. The fourth-order valence-corrected chi connectivity index (χ4v) is 6.22. The number of ether oxygens (including phenoxy) is 3. The first-order chi connectivity index (χ1) is 26.6. The van der Waals surface area contributed by atoms with Crippen LogP contribution in [0.3, 0.4) is 0 Å². The first kappa shape index (κ1) is 51.6. The Kier molecular flexibility index (Phi) is 43.0. The summed E-state index contributed by atoms with van der Waals surface area (Å²) in [6, 6.07) is 0. The Hall–Kier alpha value is -2.40. The third-order valence-corrected chi connectivity index (χ3v) is 9.59. The molecule has 0 aliphatic heterocycles. The molecule has 0 aromatic rings. The van der Waals surface area contributed by atoms with E-state index in [-0.39, 0.29) is 25.2 Å². The maximum atomic E-state index is 12.7. The monoisotopic (exact) mass is 755 g/mol. The third-order valence-electron chi connectivity index (χ3n) is 9.59. The van der Waals surface area contributed by atoms with Crippen molar-refractivity contribution in [2.75, 3.05) is 19.8 Å².